The first-order chi connectivity index (χ1) is 22.4. The summed E-state index contributed by atoms with van der Waals surface area (Å²) >= 11 is 2.54. The molecule has 3 aromatic rings. The zero-order valence-corrected chi connectivity index (χ0v) is 26.4. The van der Waals surface area contributed by atoms with Crippen LogP contribution in [0.15, 0.2) is 41.4 Å². The fourth-order valence-corrected chi connectivity index (χ4v) is 7.90. The SMILES string of the molecule is Nc1ncnc2c1ncn2[C@@H]1O[C@H](COS(=O)(=O)NC(=O)OCC2=C(C(=O)O)N3C(=O)[C@@H](NC(=O)Cc4cccs4)[C@H]3SC2)C[C@H]1O. The second-order valence-corrected chi connectivity index (χ2v) is 13.9. The van der Waals surface area contributed by atoms with E-state index < -0.39 is 77.0 Å². The lowest BCUT2D eigenvalue weighted by Gasteiger charge is -2.49. The van der Waals surface area contributed by atoms with E-state index >= 15 is 0 Å². The Balaban J connectivity index is 1.000. The van der Waals surface area contributed by atoms with Gasteiger partial charge in [0.05, 0.1) is 25.5 Å². The number of imidazole rings is 1. The van der Waals surface area contributed by atoms with Gasteiger partial charge in [-0.1, -0.05) is 6.07 Å². The van der Waals surface area contributed by atoms with Crippen molar-refractivity contribution >= 4 is 74.3 Å². The summed E-state index contributed by atoms with van der Waals surface area (Å²) in [5.41, 5.74) is 6.00. The highest BCUT2D eigenvalue weighted by Crippen LogP contribution is 2.40. The van der Waals surface area contributed by atoms with Gasteiger partial charge in [0.15, 0.2) is 17.7 Å². The number of aromatic nitrogens is 4. The van der Waals surface area contributed by atoms with Crippen LogP contribution in [0.25, 0.3) is 11.2 Å². The van der Waals surface area contributed by atoms with Crippen molar-refractivity contribution in [3.05, 3.63) is 46.3 Å². The zero-order valence-electron chi connectivity index (χ0n) is 23.9. The molecule has 0 radical (unpaired) electrons. The topological polar surface area (TPSA) is 267 Å². The van der Waals surface area contributed by atoms with E-state index in [1.54, 1.807) is 16.9 Å². The quantitative estimate of drug-likeness (QED) is 0.151. The van der Waals surface area contributed by atoms with Gasteiger partial charge in [-0.2, -0.15) is 13.1 Å². The van der Waals surface area contributed by atoms with Crippen molar-refractivity contribution in [3.8, 4) is 0 Å². The van der Waals surface area contributed by atoms with Crippen LogP contribution in [0.3, 0.4) is 0 Å². The lowest BCUT2D eigenvalue weighted by atomic mass is 10.0. The van der Waals surface area contributed by atoms with E-state index in [1.807, 2.05) is 5.38 Å². The first-order valence-corrected chi connectivity index (χ1v) is 17.1. The number of hydrogen-bond acceptors (Lipinski definition) is 16. The van der Waals surface area contributed by atoms with Gasteiger partial charge < -0.3 is 30.7 Å². The van der Waals surface area contributed by atoms with Crippen molar-refractivity contribution in [3.63, 3.8) is 0 Å². The molecule has 0 bridgehead atoms. The van der Waals surface area contributed by atoms with E-state index in [1.165, 1.54) is 28.6 Å². The molecule has 2 saturated heterocycles. The van der Waals surface area contributed by atoms with Gasteiger partial charge in [-0.15, -0.1) is 23.1 Å². The van der Waals surface area contributed by atoms with Crippen LogP contribution < -0.4 is 15.8 Å². The summed E-state index contributed by atoms with van der Waals surface area (Å²) in [5.74, 6) is -2.34. The van der Waals surface area contributed by atoms with Gasteiger partial charge in [0.25, 0.3) is 5.91 Å². The van der Waals surface area contributed by atoms with Crippen LogP contribution in [-0.2, 0) is 44.8 Å². The van der Waals surface area contributed by atoms with Gasteiger partial charge in [0.1, 0.15) is 41.7 Å². The Morgan fingerprint density at radius 1 is 1.23 bits per heavy atom. The highest BCUT2D eigenvalue weighted by Gasteiger charge is 2.54. The third-order valence-corrected chi connectivity index (χ3v) is 10.4. The van der Waals surface area contributed by atoms with Crippen LogP contribution in [0.2, 0.25) is 0 Å². The number of aliphatic hydroxyl groups is 1. The number of nitrogen functional groups attached to an aromatic ring is 1. The largest absolute Gasteiger partial charge is 0.477 e. The van der Waals surface area contributed by atoms with Crippen LogP contribution in [0.5, 0.6) is 0 Å². The maximum Gasteiger partial charge on any atom is 0.423 e. The van der Waals surface area contributed by atoms with E-state index in [9.17, 15) is 37.8 Å². The third kappa shape index (κ3) is 6.73. The molecule has 5 atom stereocenters. The standard InChI is InChI=1S/C25H26N8O11S3/c26-19-16-20(28-9-27-19)32(10-29-16)22-14(34)4-12(44-22)7-43-47(40,41)31-25(39)42-6-11-8-46-23-17(21(36)33(23)18(11)24(37)38)30-15(35)5-13-2-1-3-45-13/h1-3,9-10,12,14,17,22-23,34H,4-8H2,(H,30,35)(H,31,39)(H,37,38)(H2,26,27,28)/t12-,14+,17+,22+,23+/m0/s1. The minimum Gasteiger partial charge on any atom is -0.477 e. The average molecular weight is 711 g/mol. The molecule has 6 N–H and O–H groups in total. The molecule has 19 nitrogen and oxygen atoms in total. The van der Waals surface area contributed by atoms with Gasteiger partial charge >= 0.3 is 22.4 Å². The normalized spacial score (nSPS) is 24.1. The number of aliphatic hydroxyl groups excluding tert-OH is 1. The fraction of sp³-hybridized carbons (Fsp3) is 0.400. The minimum absolute atomic E-state index is 0.0238. The Kier molecular flexibility index (Phi) is 9.04. The van der Waals surface area contributed by atoms with E-state index in [2.05, 4.69) is 20.3 Å². The predicted octanol–water partition coefficient (Wildman–Crippen LogP) is -0.913. The summed E-state index contributed by atoms with van der Waals surface area (Å²) in [6, 6.07) is 2.65. The zero-order chi connectivity index (χ0) is 33.5. The molecule has 0 aliphatic carbocycles. The van der Waals surface area contributed by atoms with E-state index in [0.717, 1.165) is 21.5 Å². The molecule has 22 heteroatoms. The number of carboxylic acid groups (broad SMARTS) is 1. The van der Waals surface area contributed by atoms with Crippen molar-refractivity contribution < 1.29 is 51.5 Å². The highest BCUT2D eigenvalue weighted by atomic mass is 32.2. The monoisotopic (exact) mass is 710 g/mol. The molecule has 6 heterocycles. The number of aliphatic carboxylic acids is 1. The number of nitrogens with two attached hydrogens (primary N) is 1. The minimum atomic E-state index is -4.72. The average Bonchev–Trinajstić information content (AvgIpc) is 3.77. The molecule has 2 fully saturated rings. The number of nitrogens with one attached hydrogen (secondary N) is 2. The number of amides is 3. The smallest absolute Gasteiger partial charge is 0.423 e. The summed E-state index contributed by atoms with van der Waals surface area (Å²) in [4.78, 5) is 63.4. The highest BCUT2D eigenvalue weighted by molar-refractivity contribution is 8.00. The van der Waals surface area contributed by atoms with Gasteiger partial charge in [-0.3, -0.25) is 23.2 Å². The molecular formula is C25H26N8O11S3. The number of fused-ring (bicyclic) bond motifs is 2. The molecule has 3 aliphatic rings. The number of ether oxygens (including phenoxy) is 2. The number of carboxylic acids is 1. The number of carbonyl (C=O) groups excluding carboxylic acids is 3. The van der Waals surface area contributed by atoms with Crippen molar-refractivity contribution in [2.24, 2.45) is 0 Å². The number of anilines is 1. The van der Waals surface area contributed by atoms with Crippen molar-refractivity contribution in [1.82, 2.24) is 34.5 Å². The second-order valence-electron chi connectivity index (χ2n) is 10.4. The summed E-state index contributed by atoms with van der Waals surface area (Å²) in [5, 5.41) is 24.1. The molecule has 47 heavy (non-hydrogen) atoms. The Hall–Kier alpha value is -4.35. The number of rotatable bonds is 11. The number of thiophene rings is 1. The maximum atomic E-state index is 12.8. The van der Waals surface area contributed by atoms with Gasteiger partial charge in [0.2, 0.25) is 5.91 Å². The number of carbonyl (C=O) groups is 4. The van der Waals surface area contributed by atoms with Crippen LogP contribution in [0.4, 0.5) is 10.6 Å². The molecule has 0 spiro atoms. The second kappa shape index (κ2) is 13.0. The van der Waals surface area contributed by atoms with Crippen molar-refractivity contribution in [1.29, 1.82) is 0 Å². The van der Waals surface area contributed by atoms with Crippen LogP contribution >= 0.6 is 23.1 Å². The van der Waals surface area contributed by atoms with Gasteiger partial charge in [-0.05, 0) is 11.4 Å². The van der Waals surface area contributed by atoms with E-state index in [4.69, 9.17) is 19.4 Å². The summed E-state index contributed by atoms with van der Waals surface area (Å²) in [7, 11) is -4.72. The molecule has 0 aromatic carbocycles. The first-order valence-electron chi connectivity index (χ1n) is 13.7. The number of nitrogens with zero attached hydrogens (tertiary/aromatic N) is 5. The molecule has 6 rings (SSSR count). The molecule has 0 saturated carbocycles. The number of thioether (sulfide) groups is 1. The Bertz CT molecular complexity index is 1870. The van der Waals surface area contributed by atoms with Crippen molar-refractivity contribution in [2.75, 3.05) is 24.7 Å². The molecule has 3 aliphatic heterocycles. The van der Waals surface area contributed by atoms with Gasteiger partial charge in [0, 0.05) is 22.6 Å². The fourth-order valence-electron chi connectivity index (χ4n) is 5.21. The van der Waals surface area contributed by atoms with Crippen LogP contribution in [0.1, 0.15) is 17.5 Å². The molecule has 3 amide bonds. The van der Waals surface area contributed by atoms with Crippen LogP contribution in [0, 0.1) is 0 Å². The summed E-state index contributed by atoms with van der Waals surface area (Å²) in [6.45, 7) is -1.22. The van der Waals surface area contributed by atoms with E-state index in [-0.39, 0.29) is 35.9 Å². The Morgan fingerprint density at radius 2 is 2.04 bits per heavy atom. The lowest BCUT2D eigenvalue weighted by molar-refractivity contribution is -0.150. The summed E-state index contributed by atoms with van der Waals surface area (Å²) < 4.78 is 43.3. The maximum absolute atomic E-state index is 12.8. The van der Waals surface area contributed by atoms with Gasteiger partial charge in [-0.25, -0.2) is 24.5 Å². The van der Waals surface area contributed by atoms with Crippen molar-refractivity contribution in [2.45, 2.75) is 42.7 Å². The molecular weight excluding hydrogens is 685 g/mol. The molecule has 3 aromatic heterocycles. The predicted molar refractivity (Wildman–Crippen MR) is 161 cm³/mol. The molecule has 0 unspecified atom stereocenters. The number of hydrogen-bond donors (Lipinski definition) is 5. The summed E-state index contributed by atoms with van der Waals surface area (Å²) in [6.07, 6.45) is -1.82. The first kappa shape index (κ1) is 32.6. The molecule has 250 valence electrons. The Morgan fingerprint density at radius 3 is 2.79 bits per heavy atom. The Labute approximate surface area is 273 Å². The van der Waals surface area contributed by atoms with Crippen LogP contribution in [-0.4, -0.2) is 110 Å². The third-order valence-electron chi connectivity index (χ3n) is 7.30. The van der Waals surface area contributed by atoms with E-state index in [0.29, 0.717) is 11.2 Å². The lowest BCUT2D eigenvalue weighted by Crippen LogP contribution is -2.70. The number of β-lactam (4-membered cyclic amide) rings is 1.